The fraction of sp³-hybridized carbons (Fsp3) is 0.923. The van der Waals surface area contributed by atoms with Crippen molar-refractivity contribution < 1.29 is 9.53 Å². The van der Waals surface area contributed by atoms with Gasteiger partial charge in [-0.15, -0.1) is 0 Å². The maximum atomic E-state index is 11.5. The number of rotatable bonds is 5. The summed E-state index contributed by atoms with van der Waals surface area (Å²) >= 11 is 0. The molecule has 4 nitrogen and oxygen atoms in total. The zero-order valence-corrected chi connectivity index (χ0v) is 11.5. The van der Waals surface area contributed by atoms with Crippen LogP contribution < -0.4 is 10.6 Å². The van der Waals surface area contributed by atoms with Gasteiger partial charge in [-0.05, 0) is 40.5 Å². The van der Waals surface area contributed by atoms with E-state index in [4.69, 9.17) is 4.74 Å². The van der Waals surface area contributed by atoms with E-state index in [-0.39, 0.29) is 11.4 Å². The summed E-state index contributed by atoms with van der Waals surface area (Å²) in [5.74, 6) is 0.103. The van der Waals surface area contributed by atoms with Gasteiger partial charge in [-0.2, -0.15) is 0 Å². The van der Waals surface area contributed by atoms with Crippen molar-refractivity contribution in [3.8, 4) is 0 Å². The second kappa shape index (κ2) is 6.36. The minimum Gasteiger partial charge on any atom is -0.374 e. The molecule has 0 radical (unpaired) electrons. The van der Waals surface area contributed by atoms with Crippen LogP contribution in [0.25, 0.3) is 0 Å². The fourth-order valence-electron chi connectivity index (χ4n) is 1.98. The summed E-state index contributed by atoms with van der Waals surface area (Å²) in [6, 6.07) is 0. The minimum absolute atomic E-state index is 0.103. The number of hydrogen-bond acceptors (Lipinski definition) is 3. The number of ether oxygens (including phenoxy) is 1. The highest BCUT2D eigenvalue weighted by atomic mass is 16.5. The molecule has 0 spiro atoms. The molecule has 1 heterocycles. The number of nitrogens with one attached hydrogen (secondary N) is 2. The van der Waals surface area contributed by atoms with Crippen LogP contribution in [0, 0.1) is 0 Å². The molecule has 1 aliphatic rings. The molecule has 2 atom stereocenters. The molecule has 0 aromatic rings. The van der Waals surface area contributed by atoms with Crippen molar-refractivity contribution in [1.82, 2.24) is 10.6 Å². The average molecular weight is 242 g/mol. The molecule has 1 rings (SSSR count). The Kier molecular flexibility index (Phi) is 5.40. The minimum atomic E-state index is -0.138. The van der Waals surface area contributed by atoms with Crippen LogP contribution >= 0.6 is 0 Å². The standard InChI is InChI=1S/C13H26N2O2/c1-10-5-6-11(17-10)9-14-8-7-12(16)15-13(2,3)4/h10-11,14H,5-9H2,1-4H3,(H,15,16). The normalized spacial score (nSPS) is 24.9. The first-order valence-corrected chi connectivity index (χ1v) is 6.54. The van der Waals surface area contributed by atoms with Gasteiger partial charge in [0.05, 0.1) is 12.2 Å². The molecule has 1 saturated heterocycles. The molecule has 0 aromatic heterocycles. The Labute approximate surface area is 104 Å². The van der Waals surface area contributed by atoms with Crippen LogP contribution in [0.2, 0.25) is 0 Å². The van der Waals surface area contributed by atoms with E-state index in [9.17, 15) is 4.79 Å². The Morgan fingerprint density at radius 1 is 1.35 bits per heavy atom. The molecular formula is C13H26N2O2. The Balaban J connectivity index is 2.02. The number of hydrogen-bond donors (Lipinski definition) is 2. The maximum Gasteiger partial charge on any atom is 0.221 e. The first kappa shape index (κ1) is 14.5. The highest BCUT2D eigenvalue weighted by molar-refractivity contribution is 5.76. The molecule has 4 heteroatoms. The molecule has 1 fully saturated rings. The van der Waals surface area contributed by atoms with Crippen molar-refractivity contribution in [2.24, 2.45) is 0 Å². The molecule has 0 saturated carbocycles. The maximum absolute atomic E-state index is 11.5. The largest absolute Gasteiger partial charge is 0.374 e. The predicted octanol–water partition coefficient (Wildman–Crippen LogP) is 1.45. The highest BCUT2D eigenvalue weighted by Gasteiger charge is 2.21. The lowest BCUT2D eigenvalue weighted by atomic mass is 10.1. The van der Waals surface area contributed by atoms with Gasteiger partial charge in [0.15, 0.2) is 0 Å². The zero-order valence-electron chi connectivity index (χ0n) is 11.5. The van der Waals surface area contributed by atoms with Crippen molar-refractivity contribution in [3.63, 3.8) is 0 Å². The van der Waals surface area contributed by atoms with E-state index in [2.05, 4.69) is 17.6 Å². The lowest BCUT2D eigenvalue weighted by Crippen LogP contribution is -2.42. The van der Waals surface area contributed by atoms with Crippen LogP contribution in [-0.2, 0) is 9.53 Å². The second-order valence-electron chi connectivity index (χ2n) is 5.90. The van der Waals surface area contributed by atoms with E-state index in [1.165, 1.54) is 0 Å². The Morgan fingerprint density at radius 2 is 2.06 bits per heavy atom. The van der Waals surface area contributed by atoms with E-state index >= 15 is 0 Å². The third-order valence-corrected chi connectivity index (χ3v) is 2.74. The van der Waals surface area contributed by atoms with Crippen LogP contribution in [0.1, 0.15) is 47.0 Å². The van der Waals surface area contributed by atoms with Crippen LogP contribution in [0.15, 0.2) is 0 Å². The molecule has 0 aliphatic carbocycles. The molecule has 1 amide bonds. The summed E-state index contributed by atoms with van der Waals surface area (Å²) in [4.78, 5) is 11.5. The van der Waals surface area contributed by atoms with Crippen molar-refractivity contribution in [2.75, 3.05) is 13.1 Å². The summed E-state index contributed by atoms with van der Waals surface area (Å²) in [7, 11) is 0. The van der Waals surface area contributed by atoms with Crippen molar-refractivity contribution >= 4 is 5.91 Å². The molecule has 0 aromatic carbocycles. The Hall–Kier alpha value is -0.610. The SMILES string of the molecule is CC1CCC(CNCCC(=O)NC(C)(C)C)O1. The average Bonchev–Trinajstić information content (AvgIpc) is 2.56. The van der Waals surface area contributed by atoms with Crippen LogP contribution in [0.3, 0.4) is 0 Å². The quantitative estimate of drug-likeness (QED) is 0.717. The van der Waals surface area contributed by atoms with Crippen molar-refractivity contribution in [2.45, 2.75) is 64.7 Å². The van der Waals surface area contributed by atoms with Crippen molar-refractivity contribution in [1.29, 1.82) is 0 Å². The monoisotopic (exact) mass is 242 g/mol. The molecular weight excluding hydrogens is 216 g/mol. The summed E-state index contributed by atoms with van der Waals surface area (Å²) in [6.07, 6.45) is 3.53. The zero-order chi connectivity index (χ0) is 12.9. The number of carbonyl (C=O) groups excluding carboxylic acids is 1. The van der Waals surface area contributed by atoms with E-state index in [0.717, 1.165) is 25.9 Å². The van der Waals surface area contributed by atoms with Crippen LogP contribution in [0.4, 0.5) is 0 Å². The summed E-state index contributed by atoms with van der Waals surface area (Å²) < 4.78 is 5.69. The lowest BCUT2D eigenvalue weighted by Gasteiger charge is -2.20. The summed E-state index contributed by atoms with van der Waals surface area (Å²) in [6.45, 7) is 9.66. The van der Waals surface area contributed by atoms with Crippen molar-refractivity contribution in [3.05, 3.63) is 0 Å². The highest BCUT2D eigenvalue weighted by Crippen LogP contribution is 2.17. The smallest absolute Gasteiger partial charge is 0.221 e. The van der Waals surface area contributed by atoms with Gasteiger partial charge in [-0.3, -0.25) is 4.79 Å². The predicted molar refractivity (Wildman–Crippen MR) is 69.0 cm³/mol. The number of carbonyl (C=O) groups is 1. The second-order valence-corrected chi connectivity index (χ2v) is 5.90. The summed E-state index contributed by atoms with van der Waals surface area (Å²) in [5.41, 5.74) is -0.138. The molecule has 100 valence electrons. The molecule has 1 aliphatic heterocycles. The third-order valence-electron chi connectivity index (χ3n) is 2.74. The van der Waals surface area contributed by atoms with E-state index in [1.54, 1.807) is 0 Å². The van der Waals surface area contributed by atoms with Crippen LogP contribution in [0.5, 0.6) is 0 Å². The van der Waals surface area contributed by atoms with Gasteiger partial charge in [0.1, 0.15) is 0 Å². The number of amides is 1. The Morgan fingerprint density at radius 3 is 2.59 bits per heavy atom. The summed E-state index contributed by atoms with van der Waals surface area (Å²) in [5, 5.41) is 6.22. The van der Waals surface area contributed by atoms with E-state index < -0.39 is 0 Å². The van der Waals surface area contributed by atoms with E-state index in [0.29, 0.717) is 18.6 Å². The van der Waals surface area contributed by atoms with Gasteiger partial charge in [0, 0.05) is 25.0 Å². The Bertz CT molecular complexity index is 248. The topological polar surface area (TPSA) is 50.4 Å². The van der Waals surface area contributed by atoms with Gasteiger partial charge in [0.2, 0.25) is 5.91 Å². The fourth-order valence-corrected chi connectivity index (χ4v) is 1.98. The van der Waals surface area contributed by atoms with E-state index in [1.807, 2.05) is 20.8 Å². The van der Waals surface area contributed by atoms with Gasteiger partial charge in [-0.1, -0.05) is 0 Å². The molecule has 2 N–H and O–H groups in total. The molecule has 2 unspecified atom stereocenters. The molecule has 0 bridgehead atoms. The third kappa shape index (κ3) is 6.64. The van der Waals surface area contributed by atoms with Gasteiger partial charge >= 0.3 is 0 Å². The first-order chi connectivity index (χ1) is 7.87. The van der Waals surface area contributed by atoms with Gasteiger partial charge in [0.25, 0.3) is 0 Å². The lowest BCUT2D eigenvalue weighted by molar-refractivity contribution is -0.122. The van der Waals surface area contributed by atoms with Gasteiger partial charge in [-0.25, -0.2) is 0 Å². The van der Waals surface area contributed by atoms with Gasteiger partial charge < -0.3 is 15.4 Å². The van der Waals surface area contributed by atoms with Crippen LogP contribution in [-0.4, -0.2) is 36.7 Å². The molecule has 17 heavy (non-hydrogen) atoms. The first-order valence-electron chi connectivity index (χ1n) is 6.54.